The molecule has 1 aromatic rings. The van der Waals surface area contributed by atoms with Gasteiger partial charge in [0.1, 0.15) is 0 Å². The lowest BCUT2D eigenvalue weighted by molar-refractivity contribution is 0.601. The fourth-order valence-corrected chi connectivity index (χ4v) is 2.05. The van der Waals surface area contributed by atoms with E-state index in [4.69, 9.17) is 5.26 Å². The first kappa shape index (κ1) is 10.9. The number of rotatable bonds is 1. The normalized spacial score (nSPS) is 23.0. The Morgan fingerprint density at radius 3 is 2.69 bits per heavy atom. The van der Waals surface area contributed by atoms with Gasteiger partial charge in [-0.15, -0.1) is 0 Å². The molecule has 0 N–H and O–H groups in total. The summed E-state index contributed by atoms with van der Waals surface area (Å²) in [5.74, 6) is 0.0371. The zero-order chi connectivity index (χ0) is 11.4. The van der Waals surface area contributed by atoms with E-state index in [0.29, 0.717) is 0 Å². The quantitative estimate of drug-likeness (QED) is 0.697. The van der Waals surface area contributed by atoms with Crippen LogP contribution in [0.15, 0.2) is 29.3 Å². The van der Waals surface area contributed by atoms with Crippen molar-refractivity contribution in [3.63, 3.8) is 0 Å². The van der Waals surface area contributed by atoms with Gasteiger partial charge in [-0.25, -0.2) is 0 Å². The van der Waals surface area contributed by atoms with Crippen molar-refractivity contribution in [3.05, 3.63) is 29.8 Å². The molecule has 1 atom stereocenters. The molecule has 82 valence electrons. The van der Waals surface area contributed by atoms with Crippen LogP contribution in [0, 0.1) is 24.2 Å². The molecule has 0 amide bonds. The highest BCUT2D eigenvalue weighted by molar-refractivity contribution is 5.91. The Kier molecular flexibility index (Phi) is 3.36. The van der Waals surface area contributed by atoms with Gasteiger partial charge in [-0.05, 0) is 38.3 Å². The van der Waals surface area contributed by atoms with Gasteiger partial charge in [-0.2, -0.15) is 5.26 Å². The van der Waals surface area contributed by atoms with Crippen LogP contribution >= 0.6 is 0 Å². The fraction of sp³-hybridized carbons (Fsp3) is 0.429. The monoisotopic (exact) mass is 212 g/mol. The summed E-state index contributed by atoms with van der Waals surface area (Å²) in [7, 11) is 0. The zero-order valence-electron chi connectivity index (χ0n) is 9.61. The van der Waals surface area contributed by atoms with Gasteiger partial charge in [0.15, 0.2) is 0 Å². The molecule has 2 heteroatoms. The summed E-state index contributed by atoms with van der Waals surface area (Å²) < 4.78 is 0. The SMILES string of the molecule is Cc1ccc(/N=C2\CCCCC2C#N)cc1. The molecule has 0 radical (unpaired) electrons. The molecule has 0 bridgehead atoms. The summed E-state index contributed by atoms with van der Waals surface area (Å²) in [6, 6.07) is 10.5. The van der Waals surface area contributed by atoms with Gasteiger partial charge in [0.25, 0.3) is 0 Å². The first-order valence-corrected chi connectivity index (χ1v) is 5.83. The predicted molar refractivity (Wildman–Crippen MR) is 65.8 cm³/mol. The second-order valence-corrected chi connectivity index (χ2v) is 4.37. The zero-order valence-corrected chi connectivity index (χ0v) is 9.61. The average Bonchev–Trinajstić information content (AvgIpc) is 2.33. The summed E-state index contributed by atoms with van der Waals surface area (Å²) in [5, 5.41) is 9.05. The molecule has 0 spiro atoms. The molecule has 0 aliphatic heterocycles. The van der Waals surface area contributed by atoms with Crippen molar-refractivity contribution in [2.24, 2.45) is 10.9 Å². The van der Waals surface area contributed by atoms with Gasteiger partial charge in [-0.3, -0.25) is 4.99 Å². The molecule has 1 aliphatic carbocycles. The van der Waals surface area contributed by atoms with Crippen LogP contribution < -0.4 is 0 Å². The van der Waals surface area contributed by atoms with Gasteiger partial charge >= 0.3 is 0 Å². The maximum absolute atomic E-state index is 9.05. The Morgan fingerprint density at radius 1 is 1.25 bits per heavy atom. The highest BCUT2D eigenvalue weighted by atomic mass is 14.8. The molecular weight excluding hydrogens is 196 g/mol. The lowest BCUT2D eigenvalue weighted by Crippen LogP contribution is -2.17. The standard InChI is InChI=1S/C14H16N2/c1-11-6-8-13(9-7-11)16-14-5-3-2-4-12(14)10-15/h6-9,12H,2-5H2,1H3/b16-14+. The van der Waals surface area contributed by atoms with Crippen LogP contribution in [-0.2, 0) is 0 Å². The molecule has 1 fully saturated rings. The molecule has 2 rings (SSSR count). The van der Waals surface area contributed by atoms with E-state index in [1.54, 1.807) is 0 Å². The Morgan fingerprint density at radius 2 is 2.00 bits per heavy atom. The van der Waals surface area contributed by atoms with E-state index in [1.807, 2.05) is 12.1 Å². The van der Waals surface area contributed by atoms with Crippen LogP contribution in [-0.4, -0.2) is 5.71 Å². The summed E-state index contributed by atoms with van der Waals surface area (Å²) in [4.78, 5) is 4.61. The van der Waals surface area contributed by atoms with Gasteiger partial charge < -0.3 is 0 Å². The average molecular weight is 212 g/mol. The fourth-order valence-electron chi connectivity index (χ4n) is 2.05. The van der Waals surface area contributed by atoms with Crippen LogP contribution in [0.1, 0.15) is 31.2 Å². The smallest absolute Gasteiger partial charge is 0.0845 e. The highest BCUT2D eigenvalue weighted by Crippen LogP contribution is 2.24. The van der Waals surface area contributed by atoms with Crippen molar-refractivity contribution in [2.45, 2.75) is 32.6 Å². The Bertz CT molecular complexity index is 423. The van der Waals surface area contributed by atoms with Crippen molar-refractivity contribution in [1.29, 1.82) is 5.26 Å². The molecule has 0 aromatic heterocycles. The van der Waals surface area contributed by atoms with E-state index >= 15 is 0 Å². The Hall–Kier alpha value is -1.62. The Labute approximate surface area is 96.6 Å². The number of hydrogen-bond donors (Lipinski definition) is 0. The highest BCUT2D eigenvalue weighted by Gasteiger charge is 2.19. The maximum Gasteiger partial charge on any atom is 0.0845 e. The van der Waals surface area contributed by atoms with Gasteiger partial charge in [0.05, 0.1) is 17.7 Å². The minimum Gasteiger partial charge on any atom is -0.256 e. The van der Waals surface area contributed by atoms with Gasteiger partial charge in [0.2, 0.25) is 0 Å². The van der Waals surface area contributed by atoms with Crippen LogP contribution in [0.5, 0.6) is 0 Å². The van der Waals surface area contributed by atoms with Gasteiger partial charge in [-0.1, -0.05) is 24.1 Å². The summed E-state index contributed by atoms with van der Waals surface area (Å²) >= 11 is 0. The maximum atomic E-state index is 9.05. The van der Waals surface area contributed by atoms with Crippen molar-refractivity contribution in [3.8, 4) is 6.07 Å². The van der Waals surface area contributed by atoms with E-state index in [9.17, 15) is 0 Å². The number of nitrogens with zero attached hydrogens (tertiary/aromatic N) is 2. The minimum absolute atomic E-state index is 0.0371. The molecule has 16 heavy (non-hydrogen) atoms. The number of hydrogen-bond acceptors (Lipinski definition) is 2. The number of benzene rings is 1. The largest absolute Gasteiger partial charge is 0.256 e. The second-order valence-electron chi connectivity index (χ2n) is 4.37. The van der Waals surface area contributed by atoms with E-state index in [0.717, 1.165) is 30.7 Å². The minimum atomic E-state index is 0.0371. The third-order valence-electron chi connectivity index (χ3n) is 3.04. The summed E-state index contributed by atoms with van der Waals surface area (Å²) in [6.07, 6.45) is 4.28. The summed E-state index contributed by atoms with van der Waals surface area (Å²) in [6.45, 7) is 2.07. The van der Waals surface area contributed by atoms with Crippen LogP contribution in [0.2, 0.25) is 0 Å². The number of aryl methyl sites for hydroxylation is 1. The lowest BCUT2D eigenvalue weighted by atomic mass is 9.88. The summed E-state index contributed by atoms with van der Waals surface area (Å²) in [5.41, 5.74) is 3.28. The van der Waals surface area contributed by atoms with E-state index < -0.39 is 0 Å². The Balaban J connectivity index is 2.22. The second kappa shape index (κ2) is 4.94. The van der Waals surface area contributed by atoms with Crippen molar-refractivity contribution < 1.29 is 0 Å². The first-order valence-electron chi connectivity index (χ1n) is 5.83. The molecule has 1 saturated carbocycles. The third-order valence-corrected chi connectivity index (χ3v) is 3.04. The molecule has 1 unspecified atom stereocenters. The van der Waals surface area contributed by atoms with Crippen molar-refractivity contribution in [2.75, 3.05) is 0 Å². The predicted octanol–water partition coefficient (Wildman–Crippen LogP) is 3.78. The molecule has 0 heterocycles. The topological polar surface area (TPSA) is 36.1 Å². The van der Waals surface area contributed by atoms with Crippen LogP contribution in [0.3, 0.4) is 0 Å². The number of nitriles is 1. The van der Waals surface area contributed by atoms with Crippen LogP contribution in [0.4, 0.5) is 5.69 Å². The van der Waals surface area contributed by atoms with E-state index in [1.165, 1.54) is 12.0 Å². The van der Waals surface area contributed by atoms with Crippen molar-refractivity contribution in [1.82, 2.24) is 0 Å². The third kappa shape index (κ3) is 2.49. The first-order chi connectivity index (χ1) is 7.79. The van der Waals surface area contributed by atoms with Crippen molar-refractivity contribution >= 4 is 11.4 Å². The molecular formula is C14H16N2. The van der Waals surface area contributed by atoms with Crippen LogP contribution in [0.25, 0.3) is 0 Å². The molecule has 2 nitrogen and oxygen atoms in total. The molecule has 1 aliphatic rings. The van der Waals surface area contributed by atoms with Gasteiger partial charge in [0, 0.05) is 5.71 Å². The van der Waals surface area contributed by atoms with E-state index in [2.05, 4.69) is 30.1 Å². The molecule has 1 aromatic carbocycles. The number of aliphatic imine (C=N–C) groups is 1. The lowest BCUT2D eigenvalue weighted by Gasteiger charge is -2.17. The molecule has 0 saturated heterocycles. The van der Waals surface area contributed by atoms with E-state index in [-0.39, 0.29) is 5.92 Å².